The molecule has 0 aromatic heterocycles. The van der Waals surface area contributed by atoms with Gasteiger partial charge in [-0.25, -0.2) is 9.59 Å². The summed E-state index contributed by atoms with van der Waals surface area (Å²) in [6, 6.07) is 4.11. The molecule has 0 amide bonds. The third-order valence-corrected chi connectivity index (χ3v) is 4.49. The van der Waals surface area contributed by atoms with Crippen LogP contribution in [0.2, 0.25) is 0 Å². The first-order valence-corrected chi connectivity index (χ1v) is 9.21. The van der Waals surface area contributed by atoms with E-state index in [1.165, 1.54) is 20.1 Å². The minimum absolute atomic E-state index is 0.0118. The van der Waals surface area contributed by atoms with Crippen molar-refractivity contribution < 1.29 is 38.2 Å². The van der Waals surface area contributed by atoms with Crippen LogP contribution in [0.4, 0.5) is 5.69 Å². The average molecular weight is 447 g/mol. The minimum Gasteiger partial charge on any atom is -0.493 e. The van der Waals surface area contributed by atoms with Crippen LogP contribution in [0.25, 0.3) is 0 Å². The molecule has 0 saturated heterocycles. The van der Waals surface area contributed by atoms with Crippen LogP contribution in [0, 0.1) is 21.4 Å². The van der Waals surface area contributed by atoms with Crippen molar-refractivity contribution in [1.82, 2.24) is 0 Å². The molecule has 0 radical (unpaired) electrons. The second-order valence-electron chi connectivity index (χ2n) is 6.30. The molecule has 12 heteroatoms. The average Bonchev–Trinajstić information content (AvgIpc) is 2.76. The van der Waals surface area contributed by atoms with Crippen LogP contribution in [0.15, 0.2) is 34.9 Å². The summed E-state index contributed by atoms with van der Waals surface area (Å²) >= 11 is 0. The van der Waals surface area contributed by atoms with Gasteiger partial charge in [-0.15, -0.1) is 0 Å². The summed E-state index contributed by atoms with van der Waals surface area (Å²) in [6.07, 6.45) is 0. The van der Waals surface area contributed by atoms with Crippen LogP contribution in [-0.2, 0) is 23.8 Å². The zero-order valence-corrected chi connectivity index (χ0v) is 17.8. The molecule has 1 atom stereocenters. The zero-order chi connectivity index (χ0) is 24.0. The molecule has 1 unspecified atom stereocenters. The molecule has 1 aromatic carbocycles. The molecule has 12 nitrogen and oxygen atoms in total. The number of rotatable bonds is 8. The van der Waals surface area contributed by atoms with Gasteiger partial charge in [0.2, 0.25) is 5.88 Å². The van der Waals surface area contributed by atoms with Crippen molar-refractivity contribution in [3.05, 3.63) is 50.6 Å². The van der Waals surface area contributed by atoms with E-state index >= 15 is 0 Å². The minimum atomic E-state index is -1.27. The van der Waals surface area contributed by atoms with E-state index in [4.69, 9.17) is 24.7 Å². The van der Waals surface area contributed by atoms with Gasteiger partial charge in [0.15, 0.2) is 18.1 Å². The second-order valence-corrected chi connectivity index (χ2v) is 6.30. The highest BCUT2D eigenvalue weighted by molar-refractivity contribution is 5.93. The quantitative estimate of drug-likeness (QED) is 0.349. The number of nitrogens with zero attached hydrogens (tertiary/aromatic N) is 2. The maximum absolute atomic E-state index is 12.7. The number of hydrogen-bond donors (Lipinski definition) is 1. The molecule has 0 spiro atoms. The van der Waals surface area contributed by atoms with E-state index in [0.29, 0.717) is 0 Å². The SMILES string of the molecule is CCOC(=O)C1=C(C)OC(N)=C(C#N)C1c1cc(OC)c(OCC(=O)OC)cc1[N+](=O)[O-]. The summed E-state index contributed by atoms with van der Waals surface area (Å²) in [7, 11) is 2.44. The van der Waals surface area contributed by atoms with Crippen LogP contribution in [-0.4, -0.2) is 44.3 Å². The number of methoxy groups -OCH3 is 2. The maximum Gasteiger partial charge on any atom is 0.343 e. The molecule has 1 aliphatic heterocycles. The lowest BCUT2D eigenvalue weighted by molar-refractivity contribution is -0.385. The number of nitriles is 1. The molecule has 2 rings (SSSR count). The van der Waals surface area contributed by atoms with Gasteiger partial charge in [-0.05, 0) is 19.9 Å². The van der Waals surface area contributed by atoms with Crippen LogP contribution >= 0.6 is 0 Å². The Bertz CT molecular complexity index is 1050. The van der Waals surface area contributed by atoms with Crippen molar-refractivity contribution in [3.8, 4) is 17.6 Å². The summed E-state index contributed by atoms with van der Waals surface area (Å²) in [5.41, 5.74) is 4.92. The molecule has 0 fully saturated rings. The van der Waals surface area contributed by atoms with Gasteiger partial charge in [0.1, 0.15) is 17.4 Å². The first-order chi connectivity index (χ1) is 15.2. The van der Waals surface area contributed by atoms with Crippen molar-refractivity contribution >= 4 is 17.6 Å². The van der Waals surface area contributed by atoms with E-state index in [9.17, 15) is 25.0 Å². The second kappa shape index (κ2) is 10.2. The van der Waals surface area contributed by atoms with Crippen molar-refractivity contribution in [3.63, 3.8) is 0 Å². The molecule has 0 aliphatic carbocycles. The van der Waals surface area contributed by atoms with Gasteiger partial charge in [0, 0.05) is 5.56 Å². The first-order valence-electron chi connectivity index (χ1n) is 9.21. The van der Waals surface area contributed by atoms with Crippen LogP contribution in [0.3, 0.4) is 0 Å². The fourth-order valence-corrected chi connectivity index (χ4v) is 3.09. The number of ether oxygens (including phenoxy) is 5. The zero-order valence-electron chi connectivity index (χ0n) is 17.8. The van der Waals surface area contributed by atoms with Crippen LogP contribution < -0.4 is 15.2 Å². The van der Waals surface area contributed by atoms with E-state index in [-0.39, 0.29) is 46.5 Å². The molecule has 32 heavy (non-hydrogen) atoms. The summed E-state index contributed by atoms with van der Waals surface area (Å²) in [5.74, 6) is -3.18. The van der Waals surface area contributed by atoms with Gasteiger partial charge in [-0.3, -0.25) is 10.1 Å². The van der Waals surface area contributed by atoms with Crippen molar-refractivity contribution in [1.29, 1.82) is 5.26 Å². The third-order valence-electron chi connectivity index (χ3n) is 4.49. The fraction of sp³-hybridized carbons (Fsp3) is 0.350. The number of hydrogen-bond acceptors (Lipinski definition) is 11. The Labute approximate surface area is 182 Å². The molecule has 2 N–H and O–H groups in total. The summed E-state index contributed by atoms with van der Waals surface area (Å²) in [4.78, 5) is 35.2. The molecule has 1 aromatic rings. The topological polar surface area (TPSA) is 173 Å². The highest BCUT2D eigenvalue weighted by Crippen LogP contribution is 2.46. The first kappa shape index (κ1) is 24.0. The van der Waals surface area contributed by atoms with E-state index in [1.54, 1.807) is 6.92 Å². The smallest absolute Gasteiger partial charge is 0.343 e. The number of carbonyl (C=O) groups is 2. The van der Waals surface area contributed by atoms with Crippen molar-refractivity contribution in [2.75, 3.05) is 27.4 Å². The molecular weight excluding hydrogens is 426 g/mol. The summed E-state index contributed by atoms with van der Waals surface area (Å²) in [6.45, 7) is 2.51. The molecule has 1 heterocycles. The Kier molecular flexibility index (Phi) is 7.62. The predicted octanol–water partition coefficient (Wildman–Crippen LogP) is 1.80. The molecule has 0 saturated carbocycles. The van der Waals surface area contributed by atoms with Crippen LogP contribution in [0.5, 0.6) is 11.5 Å². The Morgan fingerprint density at radius 3 is 2.53 bits per heavy atom. The molecule has 0 bridgehead atoms. The number of allylic oxidation sites excluding steroid dienone is 2. The monoisotopic (exact) mass is 447 g/mol. The molecule has 1 aliphatic rings. The number of esters is 2. The van der Waals surface area contributed by atoms with Crippen LogP contribution in [0.1, 0.15) is 25.3 Å². The lowest BCUT2D eigenvalue weighted by Crippen LogP contribution is -2.26. The van der Waals surface area contributed by atoms with Gasteiger partial charge >= 0.3 is 11.9 Å². The van der Waals surface area contributed by atoms with E-state index in [0.717, 1.165) is 13.2 Å². The van der Waals surface area contributed by atoms with Gasteiger partial charge in [0.25, 0.3) is 5.69 Å². The van der Waals surface area contributed by atoms with Gasteiger partial charge in [0.05, 0.1) is 43.3 Å². The van der Waals surface area contributed by atoms with Gasteiger partial charge < -0.3 is 29.4 Å². The number of nitro groups is 1. The summed E-state index contributed by atoms with van der Waals surface area (Å²) in [5, 5.41) is 21.6. The largest absolute Gasteiger partial charge is 0.493 e. The standard InChI is InChI=1S/C20H21N3O9/c1-5-30-20(25)17-10(2)32-19(22)12(8-21)18(17)11-6-14(28-3)15(7-13(11)23(26)27)31-9-16(24)29-4/h6-7,18H,5,9,22H2,1-4H3. The Balaban J connectivity index is 2.76. The number of benzene rings is 1. The number of carbonyl (C=O) groups excluding carboxylic acids is 2. The lowest BCUT2D eigenvalue weighted by atomic mass is 9.82. The van der Waals surface area contributed by atoms with Crippen molar-refractivity contribution in [2.45, 2.75) is 19.8 Å². The molecular formula is C20H21N3O9. The Hall–Kier alpha value is -4.27. The Morgan fingerprint density at radius 1 is 1.31 bits per heavy atom. The highest BCUT2D eigenvalue weighted by atomic mass is 16.6. The third kappa shape index (κ3) is 4.72. The predicted molar refractivity (Wildman–Crippen MR) is 107 cm³/mol. The van der Waals surface area contributed by atoms with Crippen molar-refractivity contribution in [2.24, 2.45) is 5.73 Å². The van der Waals surface area contributed by atoms with Gasteiger partial charge in [-0.2, -0.15) is 5.26 Å². The summed E-state index contributed by atoms with van der Waals surface area (Å²) < 4.78 is 25.4. The number of nitrogens with two attached hydrogens (primary N) is 1. The molecule has 170 valence electrons. The fourth-order valence-electron chi connectivity index (χ4n) is 3.09. The Morgan fingerprint density at radius 2 is 2.00 bits per heavy atom. The van der Waals surface area contributed by atoms with Gasteiger partial charge in [-0.1, -0.05) is 0 Å². The van der Waals surface area contributed by atoms with E-state index in [1.807, 2.05) is 6.07 Å². The highest BCUT2D eigenvalue weighted by Gasteiger charge is 2.40. The number of nitro benzene ring substituents is 1. The van der Waals surface area contributed by atoms with E-state index in [2.05, 4.69) is 4.74 Å². The maximum atomic E-state index is 12.7. The lowest BCUT2D eigenvalue weighted by Gasteiger charge is -2.27. The van der Waals surface area contributed by atoms with E-state index < -0.39 is 35.1 Å². The normalized spacial score (nSPS) is 15.4.